The van der Waals surface area contributed by atoms with Crippen LogP contribution in [0.15, 0.2) is 18.2 Å². The van der Waals surface area contributed by atoms with E-state index < -0.39 is 0 Å². The Balaban J connectivity index is 1.76. The van der Waals surface area contributed by atoms with Crippen molar-refractivity contribution in [3.63, 3.8) is 0 Å². The third-order valence-electron chi connectivity index (χ3n) is 3.62. The van der Waals surface area contributed by atoms with E-state index in [1.807, 2.05) is 6.07 Å². The van der Waals surface area contributed by atoms with Crippen molar-refractivity contribution in [3.05, 3.63) is 29.6 Å². The van der Waals surface area contributed by atoms with Crippen molar-refractivity contribution in [2.75, 3.05) is 26.7 Å². The number of methoxy groups -OCH3 is 1. The van der Waals surface area contributed by atoms with E-state index in [9.17, 15) is 4.39 Å². The van der Waals surface area contributed by atoms with Crippen LogP contribution in [0.3, 0.4) is 0 Å². The predicted octanol–water partition coefficient (Wildman–Crippen LogP) is 2.41. The van der Waals surface area contributed by atoms with Crippen molar-refractivity contribution in [1.82, 2.24) is 10.2 Å². The van der Waals surface area contributed by atoms with Gasteiger partial charge in [0.1, 0.15) is 0 Å². The number of rotatable bonds is 8. The number of benzene rings is 1. The fraction of sp³-hybridized carbons (Fsp3) is 0.600. The molecule has 106 valence electrons. The second-order valence-electron chi connectivity index (χ2n) is 4.97. The van der Waals surface area contributed by atoms with Gasteiger partial charge in [-0.05, 0) is 25.5 Å². The molecule has 1 aliphatic carbocycles. The molecule has 0 heterocycles. The maximum atomic E-state index is 13.9. The molecule has 0 aliphatic heterocycles. The van der Waals surface area contributed by atoms with E-state index in [1.54, 1.807) is 12.1 Å². The van der Waals surface area contributed by atoms with Crippen molar-refractivity contribution < 1.29 is 9.13 Å². The van der Waals surface area contributed by atoms with Crippen molar-refractivity contribution >= 4 is 0 Å². The van der Waals surface area contributed by atoms with Crippen LogP contribution in [0.5, 0.6) is 5.75 Å². The zero-order valence-corrected chi connectivity index (χ0v) is 11.8. The lowest BCUT2D eigenvalue weighted by Gasteiger charge is -2.19. The molecule has 1 aromatic carbocycles. The zero-order valence-electron chi connectivity index (χ0n) is 11.8. The van der Waals surface area contributed by atoms with Gasteiger partial charge in [-0.15, -0.1) is 0 Å². The molecule has 0 bridgehead atoms. The fourth-order valence-electron chi connectivity index (χ4n) is 2.33. The molecule has 0 spiro atoms. The van der Waals surface area contributed by atoms with Gasteiger partial charge in [0, 0.05) is 31.2 Å². The first kappa shape index (κ1) is 14.3. The Bertz CT molecular complexity index is 407. The third-order valence-corrected chi connectivity index (χ3v) is 3.62. The Kier molecular flexibility index (Phi) is 5.16. The summed E-state index contributed by atoms with van der Waals surface area (Å²) in [5, 5.41) is 3.30. The molecule has 0 unspecified atom stereocenters. The van der Waals surface area contributed by atoms with Gasteiger partial charge < -0.3 is 10.1 Å². The van der Waals surface area contributed by atoms with Crippen LogP contribution in [-0.2, 0) is 6.54 Å². The average Bonchev–Trinajstić information content (AvgIpc) is 3.25. The molecule has 2 rings (SSSR count). The van der Waals surface area contributed by atoms with Crippen molar-refractivity contribution in [2.24, 2.45) is 0 Å². The summed E-state index contributed by atoms with van der Waals surface area (Å²) in [6.07, 6.45) is 2.66. The molecule has 0 atom stereocenters. The van der Waals surface area contributed by atoms with Gasteiger partial charge in [0.2, 0.25) is 0 Å². The molecule has 0 radical (unpaired) electrons. The standard InChI is InChI=1S/C15H23FN2O/c1-3-18(13-7-8-13)10-9-17-11-12-5-4-6-14(19-2)15(12)16/h4-6,13,17H,3,7-11H2,1-2H3. The van der Waals surface area contributed by atoms with Crippen molar-refractivity contribution in [2.45, 2.75) is 32.4 Å². The minimum atomic E-state index is -0.257. The molecule has 1 aromatic rings. The summed E-state index contributed by atoms with van der Waals surface area (Å²) < 4.78 is 18.9. The lowest BCUT2D eigenvalue weighted by molar-refractivity contribution is 0.276. The summed E-state index contributed by atoms with van der Waals surface area (Å²) >= 11 is 0. The first-order chi connectivity index (χ1) is 9.26. The molecule has 1 saturated carbocycles. The van der Waals surface area contributed by atoms with E-state index in [0.717, 1.165) is 25.7 Å². The quantitative estimate of drug-likeness (QED) is 0.731. The molecule has 19 heavy (non-hydrogen) atoms. The summed E-state index contributed by atoms with van der Waals surface area (Å²) in [5.74, 6) is 0.0551. The highest BCUT2D eigenvalue weighted by atomic mass is 19.1. The molecule has 4 heteroatoms. The lowest BCUT2D eigenvalue weighted by Crippen LogP contribution is -2.33. The second kappa shape index (κ2) is 6.87. The van der Waals surface area contributed by atoms with Crippen LogP contribution in [0.25, 0.3) is 0 Å². The smallest absolute Gasteiger partial charge is 0.169 e. The topological polar surface area (TPSA) is 24.5 Å². The summed E-state index contributed by atoms with van der Waals surface area (Å²) in [5.41, 5.74) is 0.661. The van der Waals surface area contributed by atoms with Crippen LogP contribution < -0.4 is 10.1 Å². The maximum Gasteiger partial charge on any atom is 0.169 e. The Hall–Kier alpha value is -1.13. The number of hydrogen-bond donors (Lipinski definition) is 1. The molecule has 1 N–H and O–H groups in total. The normalized spacial score (nSPS) is 14.9. The van der Waals surface area contributed by atoms with E-state index in [-0.39, 0.29) is 5.82 Å². The number of ether oxygens (including phenoxy) is 1. The summed E-state index contributed by atoms with van der Waals surface area (Å²) in [6.45, 7) is 5.76. The van der Waals surface area contributed by atoms with Gasteiger partial charge in [-0.1, -0.05) is 19.1 Å². The number of likely N-dealkylation sites (N-methyl/N-ethyl adjacent to an activating group) is 1. The van der Waals surface area contributed by atoms with E-state index in [0.29, 0.717) is 17.9 Å². The van der Waals surface area contributed by atoms with Crippen LogP contribution in [0.4, 0.5) is 4.39 Å². The van der Waals surface area contributed by atoms with Gasteiger partial charge in [-0.25, -0.2) is 4.39 Å². The fourth-order valence-corrected chi connectivity index (χ4v) is 2.33. The minimum Gasteiger partial charge on any atom is -0.494 e. The van der Waals surface area contributed by atoms with Gasteiger partial charge in [-0.2, -0.15) is 0 Å². The van der Waals surface area contributed by atoms with Gasteiger partial charge in [0.05, 0.1) is 7.11 Å². The highest BCUT2D eigenvalue weighted by Crippen LogP contribution is 2.25. The SMILES string of the molecule is CCN(CCNCc1cccc(OC)c1F)C1CC1. The molecule has 0 aromatic heterocycles. The Morgan fingerprint density at radius 2 is 2.21 bits per heavy atom. The number of nitrogens with one attached hydrogen (secondary N) is 1. The van der Waals surface area contributed by atoms with Crippen LogP contribution in [-0.4, -0.2) is 37.7 Å². The van der Waals surface area contributed by atoms with Gasteiger partial charge in [0.25, 0.3) is 0 Å². The van der Waals surface area contributed by atoms with E-state index >= 15 is 0 Å². The molecule has 1 aliphatic rings. The van der Waals surface area contributed by atoms with E-state index in [4.69, 9.17) is 4.74 Å². The Morgan fingerprint density at radius 3 is 2.84 bits per heavy atom. The predicted molar refractivity (Wildman–Crippen MR) is 74.9 cm³/mol. The Morgan fingerprint density at radius 1 is 1.42 bits per heavy atom. The van der Waals surface area contributed by atoms with Crippen LogP contribution in [0.1, 0.15) is 25.3 Å². The molecule has 3 nitrogen and oxygen atoms in total. The van der Waals surface area contributed by atoms with E-state index in [2.05, 4.69) is 17.1 Å². The molecular weight excluding hydrogens is 243 g/mol. The van der Waals surface area contributed by atoms with Gasteiger partial charge in [0.15, 0.2) is 11.6 Å². The summed E-state index contributed by atoms with van der Waals surface area (Å²) in [6, 6.07) is 6.05. The van der Waals surface area contributed by atoms with Gasteiger partial charge in [-0.3, -0.25) is 4.90 Å². The highest BCUT2D eigenvalue weighted by Gasteiger charge is 2.26. The summed E-state index contributed by atoms with van der Waals surface area (Å²) in [7, 11) is 1.49. The molecular formula is C15H23FN2O. The highest BCUT2D eigenvalue weighted by molar-refractivity contribution is 5.30. The minimum absolute atomic E-state index is 0.257. The second-order valence-corrected chi connectivity index (χ2v) is 4.97. The van der Waals surface area contributed by atoms with Crippen LogP contribution in [0, 0.1) is 5.82 Å². The third kappa shape index (κ3) is 3.91. The first-order valence-corrected chi connectivity index (χ1v) is 7.02. The molecule has 1 fully saturated rings. The van der Waals surface area contributed by atoms with Crippen molar-refractivity contribution in [3.8, 4) is 5.75 Å². The molecule has 0 saturated heterocycles. The number of hydrogen-bond acceptors (Lipinski definition) is 3. The summed E-state index contributed by atoms with van der Waals surface area (Å²) in [4.78, 5) is 2.48. The van der Waals surface area contributed by atoms with E-state index in [1.165, 1.54) is 20.0 Å². The number of nitrogens with zero attached hydrogens (tertiary/aromatic N) is 1. The monoisotopic (exact) mass is 266 g/mol. The van der Waals surface area contributed by atoms with Gasteiger partial charge >= 0.3 is 0 Å². The largest absolute Gasteiger partial charge is 0.494 e. The maximum absolute atomic E-state index is 13.9. The zero-order chi connectivity index (χ0) is 13.7. The average molecular weight is 266 g/mol. The Labute approximate surface area is 114 Å². The number of halogens is 1. The molecule has 0 amide bonds. The van der Waals surface area contributed by atoms with Crippen LogP contribution in [0.2, 0.25) is 0 Å². The lowest BCUT2D eigenvalue weighted by atomic mass is 10.2. The van der Waals surface area contributed by atoms with Crippen LogP contribution >= 0.6 is 0 Å². The van der Waals surface area contributed by atoms with Crippen molar-refractivity contribution in [1.29, 1.82) is 0 Å². The first-order valence-electron chi connectivity index (χ1n) is 7.02.